The van der Waals surface area contributed by atoms with Crippen molar-refractivity contribution >= 4 is 24.8 Å². The molecule has 3 aliphatic heterocycles. The lowest BCUT2D eigenvalue weighted by molar-refractivity contribution is 0.0434. The summed E-state index contributed by atoms with van der Waals surface area (Å²) < 4.78 is 22.5. The molecule has 0 aliphatic carbocycles. The van der Waals surface area contributed by atoms with Gasteiger partial charge in [0.25, 0.3) is 0 Å². The van der Waals surface area contributed by atoms with E-state index < -0.39 is 0 Å². The number of methoxy groups -OCH3 is 4. The third-order valence-electron chi connectivity index (χ3n) is 8.64. The lowest BCUT2D eigenvalue weighted by atomic mass is 9.72. The van der Waals surface area contributed by atoms with E-state index in [0.717, 1.165) is 55.4 Å². The summed E-state index contributed by atoms with van der Waals surface area (Å²) in [4.78, 5) is 2.72. The summed E-state index contributed by atoms with van der Waals surface area (Å²) >= 11 is 0. The van der Waals surface area contributed by atoms with Gasteiger partial charge >= 0.3 is 0 Å². The van der Waals surface area contributed by atoms with Crippen molar-refractivity contribution in [1.29, 1.82) is 0 Å². The van der Waals surface area contributed by atoms with Crippen molar-refractivity contribution in [2.24, 2.45) is 11.8 Å². The number of hydrogen-bond donors (Lipinski definition) is 1. The fourth-order valence-corrected chi connectivity index (χ4v) is 6.74. The van der Waals surface area contributed by atoms with Gasteiger partial charge in [0.05, 0.1) is 28.4 Å². The Hall–Kier alpha value is -1.86. The van der Waals surface area contributed by atoms with Crippen LogP contribution in [0.3, 0.4) is 0 Å². The number of rotatable bonds is 7. The van der Waals surface area contributed by atoms with Crippen LogP contribution in [0.1, 0.15) is 60.5 Å². The summed E-state index contributed by atoms with van der Waals surface area (Å²) in [7, 11) is 6.90. The van der Waals surface area contributed by atoms with Gasteiger partial charge in [-0.2, -0.15) is 0 Å². The molecule has 0 saturated carbocycles. The van der Waals surface area contributed by atoms with Gasteiger partial charge in [-0.1, -0.05) is 13.3 Å². The summed E-state index contributed by atoms with van der Waals surface area (Å²) in [5.41, 5.74) is 5.60. The largest absolute Gasteiger partial charge is 0.493 e. The van der Waals surface area contributed by atoms with Crippen LogP contribution in [0.15, 0.2) is 24.3 Å². The zero-order chi connectivity index (χ0) is 24.5. The Morgan fingerprint density at radius 2 is 1.35 bits per heavy atom. The Balaban J connectivity index is 0.00000190. The Labute approximate surface area is 234 Å². The highest BCUT2D eigenvalue weighted by molar-refractivity contribution is 5.85. The topological polar surface area (TPSA) is 52.2 Å². The molecule has 0 radical (unpaired) electrons. The maximum Gasteiger partial charge on any atom is 0.161 e. The summed E-state index contributed by atoms with van der Waals surface area (Å²) in [6, 6.07) is 9.61. The molecule has 1 unspecified atom stereocenters. The van der Waals surface area contributed by atoms with Gasteiger partial charge in [0, 0.05) is 25.2 Å². The Morgan fingerprint density at radius 1 is 0.784 bits per heavy atom. The molecule has 0 bridgehead atoms. The van der Waals surface area contributed by atoms with Crippen LogP contribution >= 0.6 is 24.8 Å². The van der Waals surface area contributed by atoms with Crippen LogP contribution in [0.4, 0.5) is 0 Å². The lowest BCUT2D eigenvalue weighted by Gasteiger charge is -2.48. The molecule has 4 atom stereocenters. The molecule has 0 spiro atoms. The number of fused-ring (bicyclic) bond motifs is 4. The highest BCUT2D eigenvalue weighted by Gasteiger charge is 2.40. The molecule has 1 N–H and O–H groups in total. The normalized spacial score (nSPS) is 24.4. The molecule has 1 saturated heterocycles. The van der Waals surface area contributed by atoms with Crippen molar-refractivity contribution in [2.45, 2.75) is 51.1 Å². The first-order valence-electron chi connectivity index (χ1n) is 13.1. The van der Waals surface area contributed by atoms with Crippen molar-refractivity contribution < 1.29 is 18.9 Å². The molecule has 206 valence electrons. The number of piperidine rings is 1. The van der Waals surface area contributed by atoms with Gasteiger partial charge in [-0.05, 0) is 90.6 Å². The van der Waals surface area contributed by atoms with Crippen molar-refractivity contribution in [3.8, 4) is 23.0 Å². The van der Waals surface area contributed by atoms with Crippen molar-refractivity contribution in [1.82, 2.24) is 10.2 Å². The first-order valence-corrected chi connectivity index (χ1v) is 13.1. The molecular formula is C29H42Cl2N2O4. The van der Waals surface area contributed by atoms with E-state index in [0.29, 0.717) is 23.9 Å². The van der Waals surface area contributed by atoms with Gasteiger partial charge in [-0.15, -0.1) is 24.8 Å². The molecule has 3 aliphatic rings. The third-order valence-corrected chi connectivity index (χ3v) is 8.64. The van der Waals surface area contributed by atoms with E-state index >= 15 is 0 Å². The SMILES string of the molecule is CC[C@H]1CN2CCc3cc(OC)c(OC)cc3C2C[C@@H]1C[C@H]1NCCc2cc(OC)c(OC)cc21.Cl.Cl. The van der Waals surface area contributed by atoms with Gasteiger partial charge in [-0.3, -0.25) is 4.90 Å². The van der Waals surface area contributed by atoms with Gasteiger partial charge in [0.2, 0.25) is 0 Å². The van der Waals surface area contributed by atoms with Gasteiger partial charge in [0.15, 0.2) is 23.0 Å². The van der Waals surface area contributed by atoms with E-state index in [-0.39, 0.29) is 24.8 Å². The fourth-order valence-electron chi connectivity index (χ4n) is 6.74. The van der Waals surface area contributed by atoms with E-state index in [2.05, 4.69) is 41.4 Å². The Kier molecular flexibility index (Phi) is 10.3. The van der Waals surface area contributed by atoms with Crippen LogP contribution in [-0.4, -0.2) is 53.0 Å². The molecule has 3 heterocycles. The number of nitrogens with one attached hydrogen (secondary N) is 1. The second-order valence-corrected chi connectivity index (χ2v) is 10.2. The molecule has 37 heavy (non-hydrogen) atoms. The highest BCUT2D eigenvalue weighted by Crippen LogP contribution is 2.48. The van der Waals surface area contributed by atoms with Crippen LogP contribution in [0.2, 0.25) is 0 Å². The van der Waals surface area contributed by atoms with Crippen LogP contribution in [-0.2, 0) is 12.8 Å². The summed E-state index contributed by atoms with van der Waals surface area (Å²) in [5, 5.41) is 3.83. The average Bonchev–Trinajstić information content (AvgIpc) is 2.91. The second kappa shape index (κ2) is 12.8. The zero-order valence-corrected chi connectivity index (χ0v) is 24.3. The van der Waals surface area contributed by atoms with E-state index in [4.69, 9.17) is 18.9 Å². The number of halogens is 2. The van der Waals surface area contributed by atoms with Crippen molar-refractivity contribution in [3.05, 3.63) is 46.5 Å². The van der Waals surface area contributed by atoms with E-state index in [1.807, 2.05) is 0 Å². The quantitative estimate of drug-likeness (QED) is 0.469. The minimum Gasteiger partial charge on any atom is -0.493 e. The van der Waals surface area contributed by atoms with Crippen LogP contribution < -0.4 is 24.3 Å². The average molecular weight is 554 g/mol. The minimum absolute atomic E-state index is 0. The predicted molar refractivity (Wildman–Crippen MR) is 153 cm³/mol. The molecule has 5 rings (SSSR count). The fraction of sp³-hybridized carbons (Fsp3) is 0.586. The lowest BCUT2D eigenvalue weighted by Crippen LogP contribution is -2.46. The standard InChI is InChI=1S/C29H40N2O4.2ClH/c1-6-18-17-31-10-8-20-14-27(33-3)29(35-5)16-23(20)25(31)12-21(18)11-24-22-15-28(34-4)26(32-2)13-19(22)7-9-30-24;;/h13-16,18,21,24-25,30H,6-12,17H2,1-5H3;2*1H/t18-,21-,24+,25?;;/m0../s1. The monoisotopic (exact) mass is 552 g/mol. The number of benzene rings is 2. The first-order chi connectivity index (χ1) is 17.1. The molecular weight excluding hydrogens is 511 g/mol. The zero-order valence-electron chi connectivity index (χ0n) is 22.7. The predicted octanol–water partition coefficient (Wildman–Crippen LogP) is 5.79. The van der Waals surface area contributed by atoms with Crippen LogP contribution in [0.25, 0.3) is 0 Å². The Morgan fingerprint density at radius 3 is 1.95 bits per heavy atom. The Bertz CT molecular complexity index is 1060. The number of nitrogens with zero attached hydrogens (tertiary/aromatic N) is 1. The number of ether oxygens (including phenoxy) is 4. The van der Waals surface area contributed by atoms with Crippen LogP contribution in [0, 0.1) is 11.8 Å². The molecule has 8 heteroatoms. The van der Waals surface area contributed by atoms with Crippen molar-refractivity contribution in [2.75, 3.05) is 48.1 Å². The van der Waals surface area contributed by atoms with Gasteiger partial charge in [-0.25, -0.2) is 0 Å². The molecule has 1 fully saturated rings. The summed E-state index contributed by atoms with van der Waals surface area (Å²) in [6.07, 6.45) is 5.65. The maximum absolute atomic E-state index is 5.68. The van der Waals surface area contributed by atoms with Gasteiger partial charge < -0.3 is 24.3 Å². The highest BCUT2D eigenvalue weighted by atomic mass is 35.5. The van der Waals surface area contributed by atoms with E-state index in [9.17, 15) is 0 Å². The van der Waals surface area contributed by atoms with Gasteiger partial charge in [0.1, 0.15) is 0 Å². The summed E-state index contributed by atoms with van der Waals surface area (Å²) in [5.74, 6) is 4.69. The van der Waals surface area contributed by atoms with Crippen molar-refractivity contribution in [3.63, 3.8) is 0 Å². The summed E-state index contributed by atoms with van der Waals surface area (Å²) in [6.45, 7) is 5.66. The van der Waals surface area contributed by atoms with E-state index in [1.54, 1.807) is 28.4 Å². The molecule has 6 nitrogen and oxygen atoms in total. The maximum atomic E-state index is 5.68. The van der Waals surface area contributed by atoms with E-state index in [1.165, 1.54) is 41.6 Å². The molecule has 0 aromatic heterocycles. The minimum atomic E-state index is 0. The second-order valence-electron chi connectivity index (χ2n) is 10.2. The smallest absolute Gasteiger partial charge is 0.161 e. The third kappa shape index (κ3) is 5.63. The molecule has 2 aromatic carbocycles. The van der Waals surface area contributed by atoms with Crippen LogP contribution in [0.5, 0.6) is 23.0 Å². The number of hydrogen-bond acceptors (Lipinski definition) is 6. The molecule has 0 amide bonds. The first kappa shape index (κ1) is 29.7. The molecule has 2 aromatic rings.